The van der Waals surface area contributed by atoms with E-state index in [9.17, 15) is 13.2 Å². The molecule has 0 amide bonds. The number of nitrogens with two attached hydrogens (primary N) is 1. The Morgan fingerprint density at radius 1 is 1.25 bits per heavy atom. The van der Waals surface area contributed by atoms with Gasteiger partial charge in [0.15, 0.2) is 0 Å². The molecule has 6 nitrogen and oxygen atoms in total. The lowest BCUT2D eigenvalue weighted by Crippen LogP contribution is -2.49. The standard InChI is InChI=1S/C11H17F3N6/c1-8-6-9(17-10(16-8)18-15)20-4-2-19(3-5-20)7-11(12,13)14/h6H,2-5,7,15H2,1H3,(H,16,17,18). The van der Waals surface area contributed by atoms with Gasteiger partial charge in [0.25, 0.3) is 0 Å². The number of aryl methyl sites for hydroxylation is 1. The summed E-state index contributed by atoms with van der Waals surface area (Å²) < 4.78 is 36.9. The Balaban J connectivity index is 1.98. The summed E-state index contributed by atoms with van der Waals surface area (Å²) in [7, 11) is 0. The minimum Gasteiger partial charge on any atom is -0.354 e. The van der Waals surface area contributed by atoms with Crippen molar-refractivity contribution >= 4 is 11.8 Å². The number of rotatable bonds is 3. The maximum Gasteiger partial charge on any atom is 0.401 e. The van der Waals surface area contributed by atoms with E-state index in [0.29, 0.717) is 37.9 Å². The van der Waals surface area contributed by atoms with Crippen LogP contribution in [0.1, 0.15) is 5.69 Å². The fourth-order valence-electron chi connectivity index (χ4n) is 2.17. The van der Waals surface area contributed by atoms with Gasteiger partial charge in [-0.15, -0.1) is 0 Å². The van der Waals surface area contributed by atoms with Crippen molar-refractivity contribution in [3.05, 3.63) is 11.8 Å². The molecule has 1 aliphatic heterocycles. The van der Waals surface area contributed by atoms with Crippen LogP contribution in [-0.2, 0) is 0 Å². The molecule has 1 aliphatic rings. The van der Waals surface area contributed by atoms with E-state index in [4.69, 9.17) is 5.84 Å². The van der Waals surface area contributed by atoms with E-state index in [1.54, 1.807) is 6.07 Å². The van der Waals surface area contributed by atoms with E-state index in [0.717, 1.165) is 5.69 Å². The number of hydrogen-bond donors (Lipinski definition) is 2. The molecule has 1 aromatic rings. The van der Waals surface area contributed by atoms with E-state index >= 15 is 0 Å². The minimum absolute atomic E-state index is 0.303. The third-order valence-electron chi connectivity index (χ3n) is 3.07. The van der Waals surface area contributed by atoms with Crippen LogP contribution < -0.4 is 16.2 Å². The highest BCUT2D eigenvalue weighted by molar-refractivity contribution is 5.44. The van der Waals surface area contributed by atoms with Crippen LogP contribution in [0.3, 0.4) is 0 Å². The number of hydrogen-bond acceptors (Lipinski definition) is 6. The molecule has 112 valence electrons. The number of halogens is 3. The minimum atomic E-state index is -4.15. The SMILES string of the molecule is Cc1cc(N2CCN(CC(F)(F)F)CC2)nc(NN)n1. The third kappa shape index (κ3) is 3.94. The van der Waals surface area contributed by atoms with E-state index < -0.39 is 12.7 Å². The topological polar surface area (TPSA) is 70.3 Å². The van der Waals surface area contributed by atoms with Crippen molar-refractivity contribution in [2.45, 2.75) is 13.1 Å². The fourth-order valence-corrected chi connectivity index (χ4v) is 2.17. The Hall–Kier alpha value is -1.61. The molecule has 0 saturated carbocycles. The summed E-state index contributed by atoms with van der Waals surface area (Å²) in [6.45, 7) is 2.65. The molecule has 1 saturated heterocycles. The summed E-state index contributed by atoms with van der Waals surface area (Å²) in [5.41, 5.74) is 3.13. The highest BCUT2D eigenvalue weighted by Crippen LogP contribution is 2.20. The van der Waals surface area contributed by atoms with Crippen LogP contribution in [0.25, 0.3) is 0 Å². The molecule has 0 atom stereocenters. The van der Waals surface area contributed by atoms with Gasteiger partial charge in [-0.05, 0) is 6.92 Å². The maximum absolute atomic E-state index is 12.3. The zero-order chi connectivity index (χ0) is 14.8. The highest BCUT2D eigenvalue weighted by atomic mass is 19.4. The molecule has 1 fully saturated rings. The first-order valence-electron chi connectivity index (χ1n) is 6.24. The molecule has 9 heteroatoms. The van der Waals surface area contributed by atoms with E-state index in [2.05, 4.69) is 15.4 Å². The van der Waals surface area contributed by atoms with E-state index in [1.807, 2.05) is 11.8 Å². The molecule has 0 unspecified atom stereocenters. The second kappa shape index (κ2) is 5.80. The number of piperazine rings is 1. The van der Waals surface area contributed by atoms with Crippen molar-refractivity contribution in [1.29, 1.82) is 0 Å². The summed E-state index contributed by atoms with van der Waals surface area (Å²) >= 11 is 0. The average molecular weight is 290 g/mol. The number of nitrogen functional groups attached to an aromatic ring is 1. The van der Waals surface area contributed by atoms with Gasteiger partial charge >= 0.3 is 6.18 Å². The van der Waals surface area contributed by atoms with Crippen LogP contribution in [0, 0.1) is 6.92 Å². The van der Waals surface area contributed by atoms with Crippen molar-refractivity contribution in [3.8, 4) is 0 Å². The lowest BCUT2D eigenvalue weighted by Gasteiger charge is -2.35. The summed E-state index contributed by atoms with van der Waals surface area (Å²) in [6, 6.07) is 1.79. The molecule has 0 aliphatic carbocycles. The Morgan fingerprint density at radius 3 is 2.45 bits per heavy atom. The van der Waals surface area contributed by atoms with Crippen LogP contribution in [0.4, 0.5) is 24.9 Å². The normalized spacial score (nSPS) is 17.4. The quantitative estimate of drug-likeness (QED) is 0.632. The van der Waals surface area contributed by atoms with Crippen LogP contribution in [0.15, 0.2) is 6.07 Å². The van der Waals surface area contributed by atoms with Crippen molar-refractivity contribution in [2.75, 3.05) is 43.0 Å². The van der Waals surface area contributed by atoms with Gasteiger partial charge < -0.3 is 4.90 Å². The average Bonchev–Trinajstić information content (AvgIpc) is 2.37. The number of hydrazine groups is 1. The number of anilines is 2. The van der Waals surface area contributed by atoms with Crippen LogP contribution in [-0.4, -0.2) is 53.8 Å². The Bertz CT molecular complexity index is 456. The molecule has 2 heterocycles. The molecule has 1 aromatic heterocycles. The van der Waals surface area contributed by atoms with Crippen LogP contribution in [0.5, 0.6) is 0 Å². The number of alkyl halides is 3. The predicted octanol–water partition coefficient (Wildman–Crippen LogP) is 0.755. The molecule has 0 bridgehead atoms. The second-order valence-electron chi connectivity index (χ2n) is 4.71. The summed E-state index contributed by atoms with van der Waals surface area (Å²) in [6.07, 6.45) is -4.15. The number of nitrogens with zero attached hydrogens (tertiary/aromatic N) is 4. The first-order valence-corrected chi connectivity index (χ1v) is 6.24. The Kier molecular flexibility index (Phi) is 4.29. The largest absolute Gasteiger partial charge is 0.401 e. The summed E-state index contributed by atoms with van der Waals surface area (Å²) in [4.78, 5) is 11.6. The summed E-state index contributed by atoms with van der Waals surface area (Å²) in [5, 5.41) is 0. The number of aromatic nitrogens is 2. The second-order valence-corrected chi connectivity index (χ2v) is 4.71. The van der Waals surface area contributed by atoms with E-state index in [1.165, 1.54) is 4.90 Å². The highest BCUT2D eigenvalue weighted by Gasteiger charge is 2.32. The van der Waals surface area contributed by atoms with E-state index in [-0.39, 0.29) is 0 Å². The predicted molar refractivity (Wildman–Crippen MR) is 69.3 cm³/mol. The van der Waals surface area contributed by atoms with Gasteiger partial charge in [0, 0.05) is 37.9 Å². The molecule has 20 heavy (non-hydrogen) atoms. The van der Waals surface area contributed by atoms with Gasteiger partial charge in [0.05, 0.1) is 6.54 Å². The molecule has 0 radical (unpaired) electrons. The molecule has 0 spiro atoms. The van der Waals surface area contributed by atoms with Crippen molar-refractivity contribution in [1.82, 2.24) is 14.9 Å². The smallest absolute Gasteiger partial charge is 0.354 e. The van der Waals surface area contributed by atoms with Gasteiger partial charge in [-0.2, -0.15) is 18.2 Å². The first kappa shape index (κ1) is 14.8. The molecule has 3 N–H and O–H groups in total. The number of nitrogens with one attached hydrogen (secondary N) is 1. The molecular formula is C11H17F3N6. The Labute approximate surface area is 114 Å². The van der Waals surface area contributed by atoms with Crippen molar-refractivity contribution < 1.29 is 13.2 Å². The lowest BCUT2D eigenvalue weighted by molar-refractivity contribution is -0.146. The van der Waals surface area contributed by atoms with Gasteiger partial charge in [-0.1, -0.05) is 0 Å². The first-order chi connectivity index (χ1) is 9.37. The van der Waals surface area contributed by atoms with Crippen LogP contribution >= 0.6 is 0 Å². The zero-order valence-corrected chi connectivity index (χ0v) is 11.1. The zero-order valence-electron chi connectivity index (χ0n) is 11.1. The monoisotopic (exact) mass is 290 g/mol. The molecule has 2 rings (SSSR count). The van der Waals surface area contributed by atoms with Gasteiger partial charge in [0.1, 0.15) is 5.82 Å². The molecule has 0 aromatic carbocycles. The third-order valence-corrected chi connectivity index (χ3v) is 3.07. The van der Waals surface area contributed by atoms with Crippen LogP contribution in [0.2, 0.25) is 0 Å². The van der Waals surface area contributed by atoms with Gasteiger partial charge in [0.2, 0.25) is 5.95 Å². The summed E-state index contributed by atoms with van der Waals surface area (Å²) in [5.74, 6) is 6.26. The lowest BCUT2D eigenvalue weighted by atomic mass is 10.3. The van der Waals surface area contributed by atoms with Gasteiger partial charge in [-0.25, -0.2) is 10.8 Å². The Morgan fingerprint density at radius 2 is 1.90 bits per heavy atom. The maximum atomic E-state index is 12.3. The van der Waals surface area contributed by atoms with Crippen molar-refractivity contribution in [3.63, 3.8) is 0 Å². The molecular weight excluding hydrogens is 273 g/mol. The van der Waals surface area contributed by atoms with Gasteiger partial charge in [-0.3, -0.25) is 10.3 Å². The van der Waals surface area contributed by atoms with Crippen molar-refractivity contribution in [2.24, 2.45) is 5.84 Å². The fraction of sp³-hybridized carbons (Fsp3) is 0.636.